The molecule has 0 unspecified atom stereocenters. The number of nitrogens with zero attached hydrogens (tertiary/aromatic N) is 2. The molecule has 0 aliphatic carbocycles. The molecule has 6 nitrogen and oxygen atoms in total. The maximum atomic E-state index is 14.1. The Hall–Kier alpha value is -2.73. The maximum absolute atomic E-state index is 14.1. The van der Waals surface area contributed by atoms with E-state index in [1.165, 1.54) is 4.90 Å². The lowest BCUT2D eigenvalue weighted by Gasteiger charge is -2.39. The van der Waals surface area contributed by atoms with Crippen LogP contribution < -0.4 is 4.90 Å². The Balaban J connectivity index is 1.60. The van der Waals surface area contributed by atoms with Gasteiger partial charge in [0.25, 0.3) is 0 Å². The van der Waals surface area contributed by atoms with Crippen molar-refractivity contribution in [3.8, 4) is 0 Å². The molecule has 12 heteroatoms. The van der Waals surface area contributed by atoms with Gasteiger partial charge in [-0.05, 0) is 25.8 Å². The second-order valence-electron chi connectivity index (χ2n) is 7.59. The summed E-state index contributed by atoms with van der Waals surface area (Å²) in [5.41, 5.74) is 2.36. The standard InChI is InChI=1S/C20H17F5N2O4S/c1-10-2-3-13-11(8-10)9-31-20(28)27(13)12-4-6-26(7-5-12)32(29,30)19-17(24)15(22)14(21)16(23)18(19)25/h2-3,8,12H,4-7,9H2,1H3. The fraction of sp³-hybridized carbons (Fsp3) is 0.350. The molecule has 0 radical (unpaired) electrons. The van der Waals surface area contributed by atoms with E-state index in [1.807, 2.05) is 19.1 Å². The predicted octanol–water partition coefficient (Wildman–Crippen LogP) is 4.00. The number of anilines is 1. The van der Waals surface area contributed by atoms with E-state index in [9.17, 15) is 35.2 Å². The molecule has 2 aliphatic rings. The molecule has 0 aromatic heterocycles. The SMILES string of the molecule is Cc1ccc2c(c1)COC(=O)N2C1CCN(S(=O)(=O)c2c(F)c(F)c(F)c(F)c2F)CC1. The van der Waals surface area contributed by atoms with Crippen molar-refractivity contribution in [2.24, 2.45) is 0 Å². The van der Waals surface area contributed by atoms with Crippen LogP contribution in [0.4, 0.5) is 32.4 Å². The Labute approximate surface area is 180 Å². The lowest BCUT2D eigenvalue weighted by atomic mass is 10.0. The number of fused-ring (bicyclic) bond motifs is 1. The quantitative estimate of drug-likeness (QED) is 0.382. The summed E-state index contributed by atoms with van der Waals surface area (Å²) < 4.78 is 99.7. The number of ether oxygens (including phenoxy) is 1. The zero-order valence-corrected chi connectivity index (χ0v) is 17.5. The zero-order chi connectivity index (χ0) is 23.4. The molecule has 0 saturated carbocycles. The summed E-state index contributed by atoms with van der Waals surface area (Å²) in [6.45, 7) is 1.39. The summed E-state index contributed by atoms with van der Waals surface area (Å²) in [7, 11) is -5.02. The van der Waals surface area contributed by atoms with Gasteiger partial charge in [0.15, 0.2) is 28.2 Å². The van der Waals surface area contributed by atoms with Gasteiger partial charge in [0.05, 0.1) is 5.69 Å². The van der Waals surface area contributed by atoms with E-state index in [1.54, 1.807) is 6.07 Å². The molecule has 172 valence electrons. The van der Waals surface area contributed by atoms with Crippen LogP contribution in [0.25, 0.3) is 0 Å². The number of sulfonamides is 1. The number of halogens is 5. The van der Waals surface area contributed by atoms with E-state index in [2.05, 4.69) is 0 Å². The molecular formula is C20H17F5N2O4S. The zero-order valence-electron chi connectivity index (χ0n) is 16.7. The molecule has 0 N–H and O–H groups in total. The third kappa shape index (κ3) is 3.51. The van der Waals surface area contributed by atoms with Gasteiger partial charge in [-0.1, -0.05) is 17.7 Å². The Kier molecular flexibility index (Phi) is 5.61. The molecule has 2 aromatic rings. The minimum atomic E-state index is -5.02. The van der Waals surface area contributed by atoms with E-state index in [0.717, 1.165) is 11.1 Å². The highest BCUT2D eigenvalue weighted by molar-refractivity contribution is 7.89. The summed E-state index contributed by atoms with van der Waals surface area (Å²) in [6, 6.07) is 4.94. The van der Waals surface area contributed by atoms with Crippen LogP contribution in [0.3, 0.4) is 0 Å². The van der Waals surface area contributed by atoms with Crippen LogP contribution in [-0.4, -0.2) is 37.9 Å². The average Bonchev–Trinajstić information content (AvgIpc) is 2.76. The number of hydrogen-bond donors (Lipinski definition) is 0. The molecule has 32 heavy (non-hydrogen) atoms. The molecular weight excluding hydrogens is 459 g/mol. The van der Waals surface area contributed by atoms with Crippen LogP contribution in [0.2, 0.25) is 0 Å². The minimum Gasteiger partial charge on any atom is -0.444 e. The van der Waals surface area contributed by atoms with Crippen molar-refractivity contribution in [3.05, 3.63) is 58.4 Å². The summed E-state index contributed by atoms with van der Waals surface area (Å²) in [5, 5.41) is 0. The van der Waals surface area contributed by atoms with Crippen molar-refractivity contribution in [1.82, 2.24) is 4.31 Å². The second kappa shape index (κ2) is 8.00. The van der Waals surface area contributed by atoms with E-state index < -0.39 is 56.1 Å². The normalized spacial score (nSPS) is 17.9. The average molecular weight is 476 g/mol. The first-order valence-corrected chi connectivity index (χ1v) is 11.0. The van der Waals surface area contributed by atoms with E-state index in [-0.39, 0.29) is 32.5 Å². The fourth-order valence-corrected chi connectivity index (χ4v) is 5.58. The molecule has 0 spiro atoms. The number of carbonyl (C=O) groups is 1. The van der Waals surface area contributed by atoms with Crippen molar-refractivity contribution in [2.75, 3.05) is 18.0 Å². The number of hydrogen-bond acceptors (Lipinski definition) is 4. The predicted molar refractivity (Wildman–Crippen MR) is 102 cm³/mol. The van der Waals surface area contributed by atoms with Gasteiger partial charge in [0.1, 0.15) is 6.61 Å². The van der Waals surface area contributed by atoms with Gasteiger partial charge >= 0.3 is 6.09 Å². The highest BCUT2D eigenvalue weighted by atomic mass is 32.2. The Morgan fingerprint density at radius 2 is 1.50 bits per heavy atom. The summed E-state index contributed by atoms with van der Waals surface area (Å²) >= 11 is 0. The van der Waals surface area contributed by atoms with Crippen molar-refractivity contribution >= 4 is 21.8 Å². The van der Waals surface area contributed by atoms with E-state index >= 15 is 0 Å². The topological polar surface area (TPSA) is 66.9 Å². The number of aryl methyl sites for hydroxylation is 1. The van der Waals surface area contributed by atoms with Crippen LogP contribution in [0, 0.1) is 36.0 Å². The number of cyclic esters (lactones) is 1. The lowest BCUT2D eigenvalue weighted by molar-refractivity contribution is 0.135. The highest BCUT2D eigenvalue weighted by Gasteiger charge is 2.41. The number of piperidine rings is 1. The van der Waals surface area contributed by atoms with Crippen LogP contribution in [0.15, 0.2) is 23.1 Å². The fourth-order valence-electron chi connectivity index (χ4n) is 4.00. The van der Waals surface area contributed by atoms with Crippen LogP contribution >= 0.6 is 0 Å². The third-order valence-corrected chi connectivity index (χ3v) is 7.52. The molecule has 1 amide bonds. The van der Waals surface area contributed by atoms with Crippen LogP contribution in [-0.2, 0) is 21.4 Å². The monoisotopic (exact) mass is 476 g/mol. The Bertz CT molecular complexity index is 1180. The Morgan fingerprint density at radius 3 is 2.09 bits per heavy atom. The molecule has 1 saturated heterocycles. The smallest absolute Gasteiger partial charge is 0.414 e. The summed E-state index contributed by atoms with van der Waals surface area (Å²) in [4.78, 5) is 11.9. The second-order valence-corrected chi connectivity index (χ2v) is 9.47. The van der Waals surface area contributed by atoms with Gasteiger partial charge in [-0.3, -0.25) is 4.90 Å². The molecule has 4 rings (SSSR count). The molecule has 0 atom stereocenters. The van der Waals surface area contributed by atoms with Gasteiger partial charge in [-0.25, -0.2) is 35.2 Å². The first-order chi connectivity index (χ1) is 15.0. The van der Waals surface area contributed by atoms with Gasteiger partial charge in [0, 0.05) is 24.7 Å². The molecule has 2 aromatic carbocycles. The largest absolute Gasteiger partial charge is 0.444 e. The van der Waals surface area contributed by atoms with Gasteiger partial charge in [-0.15, -0.1) is 0 Å². The van der Waals surface area contributed by atoms with Crippen LogP contribution in [0.1, 0.15) is 24.0 Å². The highest BCUT2D eigenvalue weighted by Crippen LogP contribution is 2.35. The van der Waals surface area contributed by atoms with E-state index in [4.69, 9.17) is 4.74 Å². The van der Waals surface area contributed by atoms with Gasteiger partial charge in [-0.2, -0.15) is 4.31 Å². The summed E-state index contributed by atoms with van der Waals surface area (Å²) in [5.74, 6) is -11.9. The van der Waals surface area contributed by atoms with Crippen molar-refractivity contribution in [3.63, 3.8) is 0 Å². The van der Waals surface area contributed by atoms with Crippen molar-refractivity contribution < 1.29 is 39.9 Å². The van der Waals surface area contributed by atoms with Gasteiger partial charge < -0.3 is 4.74 Å². The van der Waals surface area contributed by atoms with Crippen molar-refractivity contribution in [1.29, 1.82) is 0 Å². The van der Waals surface area contributed by atoms with E-state index in [0.29, 0.717) is 9.99 Å². The minimum absolute atomic E-state index is 0.0665. The number of carbonyl (C=O) groups excluding carboxylic acids is 1. The number of amides is 1. The molecule has 2 heterocycles. The molecule has 1 fully saturated rings. The molecule has 2 aliphatic heterocycles. The lowest BCUT2D eigenvalue weighted by Crippen LogP contribution is -2.50. The van der Waals surface area contributed by atoms with Gasteiger partial charge in [0.2, 0.25) is 15.8 Å². The first kappa shape index (κ1) is 22.5. The maximum Gasteiger partial charge on any atom is 0.414 e. The first-order valence-electron chi connectivity index (χ1n) is 9.61. The van der Waals surface area contributed by atoms with Crippen LogP contribution in [0.5, 0.6) is 0 Å². The third-order valence-electron chi connectivity index (χ3n) is 5.60. The number of benzene rings is 2. The van der Waals surface area contributed by atoms with Crippen molar-refractivity contribution in [2.45, 2.75) is 37.3 Å². The molecule has 0 bridgehead atoms. The number of rotatable bonds is 3. The Morgan fingerprint density at radius 1 is 0.938 bits per heavy atom. The summed E-state index contributed by atoms with van der Waals surface area (Å²) in [6.07, 6.45) is -0.476.